The number of benzene rings is 1. The minimum Gasteiger partial charge on any atom is -0.444 e. The molecule has 4 nitrogen and oxygen atoms in total. The Balaban J connectivity index is 1.86. The Morgan fingerprint density at radius 3 is 2.39 bits per heavy atom. The summed E-state index contributed by atoms with van der Waals surface area (Å²) in [7, 11) is 0. The van der Waals surface area contributed by atoms with Crippen molar-refractivity contribution in [3.63, 3.8) is 0 Å². The molecule has 1 fully saturated rings. The van der Waals surface area contributed by atoms with Crippen LogP contribution in [0.3, 0.4) is 0 Å². The number of nitrogens with one attached hydrogen (secondary N) is 2. The van der Waals surface area contributed by atoms with Gasteiger partial charge in [0.2, 0.25) is 0 Å². The van der Waals surface area contributed by atoms with E-state index in [0.717, 1.165) is 6.54 Å². The molecule has 0 bridgehead atoms. The average Bonchev–Trinajstić information content (AvgIpc) is 3.24. The maximum absolute atomic E-state index is 11.8. The third kappa shape index (κ3) is 5.87. The average molecular weight is 318 g/mol. The second kappa shape index (κ2) is 7.35. The largest absolute Gasteiger partial charge is 0.444 e. The molecule has 0 radical (unpaired) electrons. The van der Waals surface area contributed by atoms with Gasteiger partial charge in [-0.2, -0.15) is 0 Å². The van der Waals surface area contributed by atoms with Crippen molar-refractivity contribution in [3.05, 3.63) is 34.9 Å². The van der Waals surface area contributed by atoms with Crippen molar-refractivity contribution in [2.45, 2.75) is 65.6 Å². The van der Waals surface area contributed by atoms with Gasteiger partial charge in [0.1, 0.15) is 5.60 Å². The molecule has 128 valence electrons. The van der Waals surface area contributed by atoms with E-state index < -0.39 is 5.60 Å². The van der Waals surface area contributed by atoms with E-state index in [0.29, 0.717) is 18.5 Å². The molecule has 1 saturated carbocycles. The summed E-state index contributed by atoms with van der Waals surface area (Å²) in [5, 5.41) is 6.53. The number of amides is 1. The molecule has 1 aromatic carbocycles. The molecule has 0 aliphatic heterocycles. The second-order valence-electron chi connectivity index (χ2n) is 7.58. The second-order valence-corrected chi connectivity index (χ2v) is 7.58. The van der Waals surface area contributed by atoms with Gasteiger partial charge in [0.15, 0.2) is 0 Å². The SMILES string of the molecule is Cc1cccc(C)c1CNC(CNC(=O)OC(C)(C)C)C1CC1. The molecule has 1 aliphatic rings. The molecule has 0 aromatic heterocycles. The number of aryl methyl sites for hydroxylation is 2. The van der Waals surface area contributed by atoms with Gasteiger partial charge in [-0.15, -0.1) is 0 Å². The lowest BCUT2D eigenvalue weighted by atomic mass is 10.0. The summed E-state index contributed by atoms with van der Waals surface area (Å²) in [4.78, 5) is 11.8. The first-order chi connectivity index (χ1) is 10.8. The molecule has 1 unspecified atom stereocenters. The van der Waals surface area contributed by atoms with Gasteiger partial charge in [-0.1, -0.05) is 18.2 Å². The van der Waals surface area contributed by atoms with Crippen molar-refractivity contribution in [2.75, 3.05) is 6.54 Å². The van der Waals surface area contributed by atoms with Gasteiger partial charge in [-0.05, 0) is 70.1 Å². The van der Waals surface area contributed by atoms with E-state index in [1.54, 1.807) is 0 Å². The van der Waals surface area contributed by atoms with Crippen LogP contribution < -0.4 is 10.6 Å². The van der Waals surface area contributed by atoms with Gasteiger partial charge in [0.05, 0.1) is 0 Å². The molecule has 1 aliphatic carbocycles. The van der Waals surface area contributed by atoms with Crippen LogP contribution in [0.2, 0.25) is 0 Å². The molecule has 2 N–H and O–H groups in total. The summed E-state index contributed by atoms with van der Waals surface area (Å²) in [6.45, 7) is 11.4. The van der Waals surface area contributed by atoms with Gasteiger partial charge in [0.25, 0.3) is 0 Å². The fourth-order valence-electron chi connectivity index (χ4n) is 2.77. The van der Waals surface area contributed by atoms with Crippen molar-refractivity contribution >= 4 is 6.09 Å². The summed E-state index contributed by atoms with van der Waals surface area (Å²) < 4.78 is 5.31. The first-order valence-electron chi connectivity index (χ1n) is 8.51. The Kier molecular flexibility index (Phi) is 5.69. The van der Waals surface area contributed by atoms with Crippen molar-refractivity contribution < 1.29 is 9.53 Å². The van der Waals surface area contributed by atoms with Crippen molar-refractivity contribution in [1.82, 2.24) is 10.6 Å². The maximum Gasteiger partial charge on any atom is 0.407 e. The Morgan fingerprint density at radius 2 is 1.87 bits per heavy atom. The van der Waals surface area contributed by atoms with E-state index in [2.05, 4.69) is 42.7 Å². The van der Waals surface area contributed by atoms with Gasteiger partial charge in [-0.25, -0.2) is 4.79 Å². The number of carbonyl (C=O) groups excluding carboxylic acids is 1. The van der Waals surface area contributed by atoms with Crippen LogP contribution in [0.1, 0.15) is 50.3 Å². The maximum atomic E-state index is 11.8. The predicted molar refractivity (Wildman–Crippen MR) is 93.5 cm³/mol. The Labute approximate surface area is 140 Å². The van der Waals surface area contributed by atoms with Crippen molar-refractivity contribution in [3.8, 4) is 0 Å². The van der Waals surface area contributed by atoms with E-state index in [9.17, 15) is 4.79 Å². The van der Waals surface area contributed by atoms with Crippen LogP contribution in [0.25, 0.3) is 0 Å². The van der Waals surface area contributed by atoms with E-state index in [4.69, 9.17) is 4.74 Å². The topological polar surface area (TPSA) is 50.4 Å². The molecule has 23 heavy (non-hydrogen) atoms. The van der Waals surface area contributed by atoms with Gasteiger partial charge in [0, 0.05) is 19.1 Å². The summed E-state index contributed by atoms with van der Waals surface area (Å²) in [6.07, 6.45) is 2.14. The lowest BCUT2D eigenvalue weighted by Gasteiger charge is -2.23. The molecule has 4 heteroatoms. The van der Waals surface area contributed by atoms with Crippen molar-refractivity contribution in [2.24, 2.45) is 5.92 Å². The summed E-state index contributed by atoms with van der Waals surface area (Å²) >= 11 is 0. The first kappa shape index (κ1) is 17.8. The normalized spacial score (nSPS) is 16.0. The van der Waals surface area contributed by atoms with Gasteiger partial charge < -0.3 is 15.4 Å². The highest BCUT2D eigenvalue weighted by Gasteiger charge is 2.31. The zero-order valence-electron chi connectivity index (χ0n) is 15.0. The number of carbonyl (C=O) groups is 1. The Morgan fingerprint density at radius 1 is 1.26 bits per heavy atom. The standard InChI is InChI=1S/C19H30N2O2/c1-13-7-6-8-14(2)16(13)11-20-17(15-9-10-15)12-21-18(22)23-19(3,4)5/h6-8,15,17,20H,9-12H2,1-5H3,(H,21,22). The zero-order chi connectivity index (χ0) is 17.0. The van der Waals surface area contributed by atoms with Gasteiger partial charge in [-0.3, -0.25) is 0 Å². The van der Waals surface area contributed by atoms with Crippen LogP contribution >= 0.6 is 0 Å². The number of hydrogen-bond acceptors (Lipinski definition) is 3. The first-order valence-corrected chi connectivity index (χ1v) is 8.51. The highest BCUT2D eigenvalue weighted by Crippen LogP contribution is 2.32. The predicted octanol–water partition coefficient (Wildman–Crippen LogP) is 3.70. The van der Waals surface area contributed by atoms with Crippen molar-refractivity contribution in [1.29, 1.82) is 0 Å². The molecule has 1 amide bonds. The van der Waals surface area contributed by atoms with Crippen LogP contribution in [0.5, 0.6) is 0 Å². The number of hydrogen-bond donors (Lipinski definition) is 2. The molecule has 0 spiro atoms. The van der Waals surface area contributed by atoms with E-state index >= 15 is 0 Å². The Hall–Kier alpha value is -1.55. The van der Waals surface area contributed by atoms with Crippen LogP contribution in [0, 0.1) is 19.8 Å². The molecule has 1 aromatic rings. The van der Waals surface area contributed by atoms with E-state index in [1.807, 2.05) is 20.8 Å². The zero-order valence-corrected chi connectivity index (χ0v) is 15.0. The minimum absolute atomic E-state index is 0.307. The van der Waals surface area contributed by atoms with Crippen LogP contribution in [-0.4, -0.2) is 24.3 Å². The number of ether oxygens (including phenoxy) is 1. The number of alkyl carbamates (subject to hydrolysis) is 1. The lowest BCUT2D eigenvalue weighted by molar-refractivity contribution is 0.0521. The fraction of sp³-hybridized carbons (Fsp3) is 0.632. The molecule has 0 heterocycles. The van der Waals surface area contributed by atoms with Crippen LogP contribution in [0.4, 0.5) is 4.79 Å². The summed E-state index contributed by atoms with van der Waals surface area (Å²) in [5.74, 6) is 0.661. The smallest absolute Gasteiger partial charge is 0.407 e. The van der Waals surface area contributed by atoms with Gasteiger partial charge >= 0.3 is 6.09 Å². The number of rotatable bonds is 6. The molecular weight excluding hydrogens is 288 g/mol. The monoisotopic (exact) mass is 318 g/mol. The quantitative estimate of drug-likeness (QED) is 0.841. The Bertz CT molecular complexity index is 525. The molecule has 0 saturated heterocycles. The lowest BCUT2D eigenvalue weighted by Crippen LogP contribution is -2.43. The fourth-order valence-corrected chi connectivity index (χ4v) is 2.77. The van der Waals surface area contributed by atoms with E-state index in [1.165, 1.54) is 29.5 Å². The summed E-state index contributed by atoms with van der Waals surface area (Å²) in [5.41, 5.74) is 3.53. The third-order valence-electron chi connectivity index (χ3n) is 4.24. The van der Waals surface area contributed by atoms with Crippen LogP contribution in [0.15, 0.2) is 18.2 Å². The molecule has 1 atom stereocenters. The highest BCUT2D eigenvalue weighted by molar-refractivity contribution is 5.67. The third-order valence-corrected chi connectivity index (χ3v) is 4.24. The summed E-state index contributed by atoms with van der Waals surface area (Å²) in [6, 6.07) is 6.70. The highest BCUT2D eigenvalue weighted by atomic mass is 16.6. The van der Waals surface area contributed by atoms with Crippen LogP contribution in [-0.2, 0) is 11.3 Å². The van der Waals surface area contributed by atoms with E-state index in [-0.39, 0.29) is 6.09 Å². The minimum atomic E-state index is -0.454. The molecular formula is C19H30N2O2. The molecule has 2 rings (SSSR count).